The lowest BCUT2D eigenvalue weighted by molar-refractivity contribution is 0.167. The van der Waals surface area contributed by atoms with Crippen molar-refractivity contribution in [3.63, 3.8) is 0 Å². The lowest BCUT2D eigenvalue weighted by Crippen LogP contribution is -2.52. The molecule has 21 heavy (non-hydrogen) atoms. The molecule has 0 spiro atoms. The van der Waals surface area contributed by atoms with Crippen LogP contribution >= 0.6 is 0 Å². The number of benzene rings is 1. The lowest BCUT2D eigenvalue weighted by Gasteiger charge is -2.36. The number of likely N-dealkylation sites (tertiary alicyclic amines) is 1. The molecule has 1 aromatic carbocycles. The SMILES string of the molecule is CCNC(C#N)(CN1CCCCCC1C)c1ccccc1. The second kappa shape index (κ2) is 7.59. The maximum atomic E-state index is 9.91. The third-order valence-electron chi connectivity index (χ3n) is 4.57. The molecule has 2 unspecified atom stereocenters. The maximum Gasteiger partial charge on any atom is 0.145 e. The van der Waals surface area contributed by atoms with Crippen LogP contribution in [0, 0.1) is 11.3 Å². The molecule has 3 nitrogen and oxygen atoms in total. The Labute approximate surface area is 129 Å². The predicted molar refractivity (Wildman–Crippen MR) is 86.9 cm³/mol. The Hall–Kier alpha value is -1.37. The van der Waals surface area contributed by atoms with Crippen LogP contribution < -0.4 is 5.32 Å². The second-order valence-corrected chi connectivity index (χ2v) is 6.08. The van der Waals surface area contributed by atoms with E-state index in [0.717, 1.165) is 25.2 Å². The minimum absolute atomic E-state index is 0.558. The quantitative estimate of drug-likeness (QED) is 0.902. The number of hydrogen-bond acceptors (Lipinski definition) is 3. The summed E-state index contributed by atoms with van der Waals surface area (Å²) in [5, 5.41) is 13.4. The summed E-state index contributed by atoms with van der Waals surface area (Å²) in [6.45, 7) is 7.03. The Morgan fingerprint density at radius 3 is 2.71 bits per heavy atom. The van der Waals surface area contributed by atoms with Gasteiger partial charge in [0.15, 0.2) is 0 Å². The largest absolute Gasteiger partial charge is 0.297 e. The van der Waals surface area contributed by atoms with Gasteiger partial charge in [0, 0.05) is 12.6 Å². The maximum absolute atomic E-state index is 9.91. The van der Waals surface area contributed by atoms with Gasteiger partial charge in [0.05, 0.1) is 6.07 Å². The Morgan fingerprint density at radius 2 is 2.05 bits per heavy atom. The van der Waals surface area contributed by atoms with Gasteiger partial charge in [-0.1, -0.05) is 50.1 Å². The molecule has 114 valence electrons. The van der Waals surface area contributed by atoms with Crippen LogP contribution in [-0.2, 0) is 5.54 Å². The molecule has 1 heterocycles. The van der Waals surface area contributed by atoms with Gasteiger partial charge in [-0.25, -0.2) is 0 Å². The zero-order valence-electron chi connectivity index (χ0n) is 13.3. The van der Waals surface area contributed by atoms with Crippen molar-refractivity contribution < 1.29 is 0 Å². The van der Waals surface area contributed by atoms with Crippen molar-refractivity contribution in [1.82, 2.24) is 10.2 Å². The molecule has 2 rings (SSSR count). The molecule has 1 fully saturated rings. The van der Waals surface area contributed by atoms with Crippen molar-refractivity contribution in [3.8, 4) is 6.07 Å². The van der Waals surface area contributed by atoms with Crippen LogP contribution in [0.3, 0.4) is 0 Å². The van der Waals surface area contributed by atoms with E-state index in [4.69, 9.17) is 0 Å². The third kappa shape index (κ3) is 3.84. The summed E-state index contributed by atoms with van der Waals surface area (Å²) in [7, 11) is 0. The summed E-state index contributed by atoms with van der Waals surface area (Å²) in [6, 6.07) is 13.3. The first kappa shape index (κ1) is 16.0. The molecule has 2 atom stereocenters. The first-order valence-electron chi connectivity index (χ1n) is 8.17. The molecule has 1 aliphatic rings. The van der Waals surface area contributed by atoms with Crippen molar-refractivity contribution in [3.05, 3.63) is 35.9 Å². The Morgan fingerprint density at radius 1 is 1.29 bits per heavy atom. The summed E-state index contributed by atoms with van der Waals surface area (Å²) in [5.74, 6) is 0. The Balaban J connectivity index is 2.25. The summed E-state index contributed by atoms with van der Waals surface area (Å²) in [5.41, 5.74) is 0.472. The van der Waals surface area contributed by atoms with Gasteiger partial charge in [-0.3, -0.25) is 10.2 Å². The average molecular weight is 285 g/mol. The number of nitrogens with one attached hydrogen (secondary N) is 1. The summed E-state index contributed by atoms with van der Waals surface area (Å²) < 4.78 is 0. The highest BCUT2D eigenvalue weighted by Crippen LogP contribution is 2.25. The normalized spacial score (nSPS) is 23.0. The van der Waals surface area contributed by atoms with E-state index in [0.29, 0.717) is 6.04 Å². The summed E-state index contributed by atoms with van der Waals surface area (Å²) >= 11 is 0. The van der Waals surface area contributed by atoms with Crippen LogP contribution in [0.4, 0.5) is 0 Å². The minimum atomic E-state index is -0.603. The number of hydrogen-bond donors (Lipinski definition) is 1. The third-order valence-corrected chi connectivity index (χ3v) is 4.57. The molecule has 1 aliphatic heterocycles. The molecule has 0 saturated carbocycles. The van der Waals surface area contributed by atoms with Crippen LogP contribution in [0.25, 0.3) is 0 Å². The monoisotopic (exact) mass is 285 g/mol. The first-order valence-corrected chi connectivity index (χ1v) is 8.17. The molecule has 0 radical (unpaired) electrons. The van der Waals surface area contributed by atoms with E-state index in [-0.39, 0.29) is 0 Å². The van der Waals surface area contributed by atoms with Gasteiger partial charge in [-0.05, 0) is 38.4 Å². The molecule has 1 saturated heterocycles. The molecular formula is C18H27N3. The summed E-state index contributed by atoms with van der Waals surface area (Å²) in [6.07, 6.45) is 5.10. The fourth-order valence-electron chi connectivity index (χ4n) is 3.29. The smallest absolute Gasteiger partial charge is 0.145 e. The molecule has 0 amide bonds. The highest BCUT2D eigenvalue weighted by Gasteiger charge is 2.35. The molecule has 0 bridgehead atoms. The van der Waals surface area contributed by atoms with Crippen LogP contribution in [0.5, 0.6) is 0 Å². The van der Waals surface area contributed by atoms with E-state index in [1.165, 1.54) is 25.7 Å². The van der Waals surface area contributed by atoms with Gasteiger partial charge in [-0.15, -0.1) is 0 Å². The van der Waals surface area contributed by atoms with Crippen molar-refractivity contribution in [2.45, 2.75) is 51.1 Å². The number of nitriles is 1. The highest BCUT2D eigenvalue weighted by molar-refractivity contribution is 5.32. The van der Waals surface area contributed by atoms with E-state index in [1.54, 1.807) is 0 Å². The van der Waals surface area contributed by atoms with Crippen molar-refractivity contribution in [2.24, 2.45) is 0 Å². The zero-order chi connectivity index (χ0) is 15.1. The van der Waals surface area contributed by atoms with E-state index < -0.39 is 5.54 Å². The minimum Gasteiger partial charge on any atom is -0.297 e. The molecule has 0 aromatic heterocycles. The van der Waals surface area contributed by atoms with Gasteiger partial charge in [0.25, 0.3) is 0 Å². The number of rotatable bonds is 5. The fourth-order valence-corrected chi connectivity index (χ4v) is 3.29. The molecule has 0 aliphatic carbocycles. The van der Waals surface area contributed by atoms with Gasteiger partial charge >= 0.3 is 0 Å². The fraction of sp³-hybridized carbons (Fsp3) is 0.611. The molecule has 1 N–H and O–H groups in total. The molecule has 3 heteroatoms. The van der Waals surface area contributed by atoms with E-state index in [2.05, 4.69) is 42.3 Å². The topological polar surface area (TPSA) is 39.1 Å². The summed E-state index contributed by atoms with van der Waals surface area (Å²) in [4.78, 5) is 2.49. The molecule has 1 aromatic rings. The predicted octanol–water partition coefficient (Wildman–Crippen LogP) is 3.28. The van der Waals surface area contributed by atoms with Crippen LogP contribution in [0.15, 0.2) is 30.3 Å². The highest BCUT2D eigenvalue weighted by atomic mass is 15.2. The number of nitrogens with zero attached hydrogens (tertiary/aromatic N) is 2. The average Bonchev–Trinajstić information content (AvgIpc) is 2.72. The Kier molecular flexibility index (Phi) is 5.78. The van der Waals surface area contributed by atoms with E-state index >= 15 is 0 Å². The molecular weight excluding hydrogens is 258 g/mol. The first-order chi connectivity index (χ1) is 10.2. The van der Waals surface area contributed by atoms with E-state index in [9.17, 15) is 5.26 Å². The van der Waals surface area contributed by atoms with Gasteiger partial charge in [0.2, 0.25) is 0 Å². The van der Waals surface area contributed by atoms with Crippen molar-refractivity contribution in [1.29, 1.82) is 5.26 Å². The van der Waals surface area contributed by atoms with Crippen molar-refractivity contribution in [2.75, 3.05) is 19.6 Å². The van der Waals surface area contributed by atoms with Crippen LogP contribution in [0.1, 0.15) is 45.1 Å². The van der Waals surface area contributed by atoms with Crippen LogP contribution in [0.2, 0.25) is 0 Å². The second-order valence-electron chi connectivity index (χ2n) is 6.08. The van der Waals surface area contributed by atoms with Gasteiger partial charge in [0.1, 0.15) is 5.54 Å². The van der Waals surface area contributed by atoms with Gasteiger partial charge in [-0.2, -0.15) is 5.26 Å². The lowest BCUT2D eigenvalue weighted by atomic mass is 9.90. The Bertz CT molecular complexity index is 465. The zero-order valence-corrected chi connectivity index (χ0v) is 13.3. The van der Waals surface area contributed by atoms with Crippen molar-refractivity contribution >= 4 is 0 Å². The van der Waals surface area contributed by atoms with Crippen LogP contribution in [-0.4, -0.2) is 30.6 Å². The number of likely N-dealkylation sites (N-methyl/N-ethyl adjacent to an activating group) is 1. The standard InChI is InChI=1S/C18H27N3/c1-3-20-18(14-19,17-11-7-4-8-12-17)15-21-13-9-5-6-10-16(21)2/h4,7-8,11-12,16,20H,3,5-6,9-10,13,15H2,1-2H3. The van der Waals surface area contributed by atoms with Gasteiger partial charge < -0.3 is 0 Å². The van der Waals surface area contributed by atoms with E-state index in [1.807, 2.05) is 18.2 Å².